The van der Waals surface area contributed by atoms with Crippen molar-refractivity contribution in [2.24, 2.45) is 5.92 Å². The topological polar surface area (TPSA) is 60.2 Å². The van der Waals surface area contributed by atoms with Gasteiger partial charge in [0.2, 0.25) is 0 Å². The zero-order chi connectivity index (χ0) is 17.2. The molecule has 2 fully saturated rings. The zero-order valence-electron chi connectivity index (χ0n) is 14.0. The van der Waals surface area contributed by atoms with Gasteiger partial charge in [-0.25, -0.2) is 4.39 Å². The molecule has 2 aromatic rings. The van der Waals surface area contributed by atoms with Crippen molar-refractivity contribution in [1.29, 1.82) is 0 Å². The summed E-state index contributed by atoms with van der Waals surface area (Å²) in [6.45, 7) is 2.32. The summed E-state index contributed by atoms with van der Waals surface area (Å²) in [5.74, 6) is 0.611. The lowest BCUT2D eigenvalue weighted by atomic mass is 9.80. The number of amides is 1. The number of likely N-dealkylation sites (tertiary alicyclic amines) is 1. The number of aromatic nitrogens is 1. The summed E-state index contributed by atoms with van der Waals surface area (Å²) in [5.41, 5.74) is 8.30. The number of piperidine rings is 1. The van der Waals surface area contributed by atoms with Gasteiger partial charge < -0.3 is 9.88 Å². The van der Waals surface area contributed by atoms with Gasteiger partial charge >= 0.3 is 0 Å². The average Bonchev–Trinajstić information content (AvgIpc) is 3.33. The molecule has 1 aromatic heterocycles. The predicted molar refractivity (Wildman–Crippen MR) is 93.5 cm³/mol. The van der Waals surface area contributed by atoms with Crippen LogP contribution in [0.25, 0.3) is 0 Å². The maximum atomic E-state index is 13.6. The summed E-state index contributed by atoms with van der Waals surface area (Å²) < 4.78 is 13.6. The summed E-state index contributed by atoms with van der Waals surface area (Å²) >= 11 is 0. The lowest BCUT2D eigenvalue weighted by Crippen LogP contribution is -2.45. The number of carbonyl (C=O) groups excluding carboxylic acids is 1. The number of benzene rings is 1. The van der Waals surface area contributed by atoms with Crippen molar-refractivity contribution >= 4 is 5.91 Å². The molecule has 1 amide bonds. The fourth-order valence-corrected chi connectivity index (χ4v) is 4.12. The van der Waals surface area contributed by atoms with Crippen molar-refractivity contribution < 1.29 is 9.18 Å². The van der Waals surface area contributed by atoms with Crippen molar-refractivity contribution in [3.05, 3.63) is 59.7 Å². The van der Waals surface area contributed by atoms with E-state index >= 15 is 0 Å². The Hall–Kier alpha value is -2.18. The summed E-state index contributed by atoms with van der Waals surface area (Å²) in [7, 11) is 0. The molecule has 2 aliphatic rings. The molecule has 2 saturated heterocycles. The molecule has 0 spiro atoms. The van der Waals surface area contributed by atoms with Crippen LogP contribution in [0.2, 0.25) is 0 Å². The van der Waals surface area contributed by atoms with Crippen LogP contribution in [-0.4, -0.2) is 41.5 Å². The molecular formula is C19H23FN4O. The number of hydrazine groups is 1. The molecule has 4 rings (SSSR count). The van der Waals surface area contributed by atoms with E-state index < -0.39 is 0 Å². The van der Waals surface area contributed by atoms with E-state index in [1.807, 2.05) is 23.1 Å². The van der Waals surface area contributed by atoms with E-state index in [2.05, 4.69) is 15.8 Å². The first-order chi connectivity index (χ1) is 12.2. The van der Waals surface area contributed by atoms with E-state index in [-0.39, 0.29) is 23.7 Å². The molecule has 0 aliphatic carbocycles. The van der Waals surface area contributed by atoms with Gasteiger partial charge in [-0.2, -0.15) is 0 Å². The van der Waals surface area contributed by atoms with E-state index in [9.17, 15) is 9.18 Å². The predicted octanol–water partition coefficient (Wildman–Crippen LogP) is 2.27. The Morgan fingerprint density at radius 1 is 1.16 bits per heavy atom. The highest BCUT2D eigenvalue weighted by Crippen LogP contribution is 2.32. The molecule has 2 unspecified atom stereocenters. The summed E-state index contributed by atoms with van der Waals surface area (Å²) in [6, 6.07) is 10.8. The molecule has 6 heteroatoms. The fraction of sp³-hybridized carbons (Fsp3) is 0.421. The minimum atomic E-state index is -0.186. The normalized spacial score (nSPS) is 24.6. The van der Waals surface area contributed by atoms with Crippen LogP contribution in [0.3, 0.4) is 0 Å². The van der Waals surface area contributed by atoms with Gasteiger partial charge in [0.15, 0.2) is 0 Å². The number of carbonyl (C=O) groups is 1. The van der Waals surface area contributed by atoms with Crippen LogP contribution in [0, 0.1) is 11.7 Å². The van der Waals surface area contributed by atoms with E-state index in [1.165, 1.54) is 6.07 Å². The van der Waals surface area contributed by atoms with Gasteiger partial charge in [-0.3, -0.25) is 15.6 Å². The molecule has 0 saturated carbocycles. The lowest BCUT2D eigenvalue weighted by molar-refractivity contribution is 0.0665. The van der Waals surface area contributed by atoms with E-state index in [0.717, 1.165) is 38.0 Å². The molecule has 2 atom stereocenters. The van der Waals surface area contributed by atoms with Crippen molar-refractivity contribution in [1.82, 2.24) is 20.7 Å². The summed E-state index contributed by atoms with van der Waals surface area (Å²) in [5, 5.41) is 0. The Kier molecular flexibility index (Phi) is 4.55. The molecule has 1 aromatic carbocycles. The van der Waals surface area contributed by atoms with Gasteiger partial charge in [-0.15, -0.1) is 0 Å². The summed E-state index contributed by atoms with van der Waals surface area (Å²) in [4.78, 5) is 17.3. The molecule has 3 heterocycles. The molecule has 0 bridgehead atoms. The van der Waals surface area contributed by atoms with Crippen LogP contribution >= 0.6 is 0 Å². The quantitative estimate of drug-likeness (QED) is 0.802. The monoisotopic (exact) mass is 342 g/mol. The Morgan fingerprint density at radius 3 is 2.72 bits per heavy atom. The van der Waals surface area contributed by atoms with Crippen LogP contribution in [0.1, 0.15) is 34.8 Å². The van der Waals surface area contributed by atoms with Crippen LogP contribution in [-0.2, 0) is 0 Å². The van der Waals surface area contributed by atoms with Gasteiger partial charge in [0.25, 0.3) is 5.91 Å². The first-order valence-electron chi connectivity index (χ1n) is 8.89. The largest absolute Gasteiger partial charge is 0.357 e. The standard InChI is InChI=1S/C19H23FN4O/c20-15-4-1-3-14(11-15)16-12-22-23-18(16)13-6-9-24(10-7-13)19(25)17-5-2-8-21-17/h1-5,8,11,13,16,18,21-23H,6-7,9-10,12H2. The van der Waals surface area contributed by atoms with Crippen LogP contribution in [0.4, 0.5) is 4.39 Å². The number of aromatic amines is 1. The van der Waals surface area contributed by atoms with Gasteiger partial charge in [0.05, 0.1) is 0 Å². The Labute approximate surface area is 146 Å². The minimum absolute atomic E-state index is 0.0719. The van der Waals surface area contributed by atoms with E-state index in [0.29, 0.717) is 11.6 Å². The zero-order valence-corrected chi connectivity index (χ0v) is 14.0. The first kappa shape index (κ1) is 16.3. The number of rotatable bonds is 3. The van der Waals surface area contributed by atoms with Crippen molar-refractivity contribution in [2.45, 2.75) is 24.8 Å². The number of hydrogen-bond donors (Lipinski definition) is 3. The molecule has 5 nitrogen and oxygen atoms in total. The van der Waals surface area contributed by atoms with E-state index in [4.69, 9.17) is 0 Å². The molecule has 3 N–H and O–H groups in total. The highest BCUT2D eigenvalue weighted by molar-refractivity contribution is 5.92. The maximum Gasteiger partial charge on any atom is 0.270 e. The number of halogens is 1. The third-order valence-corrected chi connectivity index (χ3v) is 5.46. The van der Waals surface area contributed by atoms with Gasteiger partial charge in [0, 0.05) is 37.8 Å². The SMILES string of the molecule is O=C(c1ccc[nH]1)N1CCC(C2NNCC2c2cccc(F)c2)CC1. The van der Waals surface area contributed by atoms with Gasteiger partial charge in [0.1, 0.15) is 11.5 Å². The average molecular weight is 342 g/mol. The van der Waals surface area contributed by atoms with Crippen molar-refractivity contribution in [3.8, 4) is 0 Å². The van der Waals surface area contributed by atoms with Crippen LogP contribution in [0.5, 0.6) is 0 Å². The Morgan fingerprint density at radius 2 is 2.00 bits per heavy atom. The van der Waals surface area contributed by atoms with Gasteiger partial charge in [-0.1, -0.05) is 12.1 Å². The minimum Gasteiger partial charge on any atom is -0.357 e. The maximum absolute atomic E-state index is 13.6. The molecule has 2 aliphatic heterocycles. The molecule has 25 heavy (non-hydrogen) atoms. The number of H-pyrrole nitrogens is 1. The van der Waals surface area contributed by atoms with Crippen LogP contribution in [0.15, 0.2) is 42.6 Å². The van der Waals surface area contributed by atoms with E-state index in [1.54, 1.807) is 18.3 Å². The number of hydrogen-bond acceptors (Lipinski definition) is 3. The highest BCUT2D eigenvalue weighted by Gasteiger charge is 2.37. The van der Waals surface area contributed by atoms with Gasteiger partial charge in [-0.05, 0) is 48.6 Å². The molecule has 132 valence electrons. The highest BCUT2D eigenvalue weighted by atomic mass is 19.1. The third-order valence-electron chi connectivity index (χ3n) is 5.46. The third kappa shape index (κ3) is 3.32. The van der Waals surface area contributed by atoms with Crippen molar-refractivity contribution in [3.63, 3.8) is 0 Å². The Bertz CT molecular complexity index is 725. The number of nitrogens with one attached hydrogen (secondary N) is 3. The van der Waals surface area contributed by atoms with Crippen molar-refractivity contribution in [2.75, 3.05) is 19.6 Å². The fourth-order valence-electron chi connectivity index (χ4n) is 4.12. The van der Waals surface area contributed by atoms with Crippen LogP contribution < -0.4 is 10.9 Å². The second-order valence-corrected chi connectivity index (χ2v) is 6.93. The second-order valence-electron chi connectivity index (χ2n) is 6.93. The number of nitrogens with zero attached hydrogens (tertiary/aromatic N) is 1. The lowest BCUT2D eigenvalue weighted by Gasteiger charge is -2.36. The smallest absolute Gasteiger partial charge is 0.270 e. The first-order valence-corrected chi connectivity index (χ1v) is 8.89. The second kappa shape index (κ2) is 6.98. The summed E-state index contributed by atoms with van der Waals surface area (Å²) in [6.07, 6.45) is 3.69. The Balaban J connectivity index is 1.41. The molecular weight excluding hydrogens is 319 g/mol. The molecule has 0 radical (unpaired) electrons.